The predicted molar refractivity (Wildman–Crippen MR) is 130 cm³/mol. The SMILES string of the molecule is O=C(CSc1nnc(SCc2ccccc2Cl)s1)N/N=C/C=C/c1ccccc1[N+](=O)[O-]. The lowest BCUT2D eigenvalue weighted by molar-refractivity contribution is -0.385. The van der Waals surface area contributed by atoms with Crippen LogP contribution in [0.1, 0.15) is 11.1 Å². The number of nitrogens with one attached hydrogen (secondary N) is 1. The molecule has 0 spiro atoms. The summed E-state index contributed by atoms with van der Waals surface area (Å²) in [6, 6.07) is 14.0. The van der Waals surface area contributed by atoms with E-state index in [9.17, 15) is 14.9 Å². The molecule has 2 aromatic carbocycles. The number of thioether (sulfide) groups is 2. The molecule has 0 aliphatic rings. The highest BCUT2D eigenvalue weighted by atomic mass is 35.5. The van der Waals surface area contributed by atoms with Gasteiger partial charge in [-0.2, -0.15) is 5.10 Å². The zero-order chi connectivity index (χ0) is 22.8. The number of nitrogens with zero attached hydrogens (tertiary/aromatic N) is 4. The molecule has 0 radical (unpaired) electrons. The largest absolute Gasteiger partial charge is 0.276 e. The van der Waals surface area contributed by atoms with Gasteiger partial charge in [-0.1, -0.05) is 76.8 Å². The van der Waals surface area contributed by atoms with Crippen LogP contribution in [-0.2, 0) is 10.5 Å². The van der Waals surface area contributed by atoms with E-state index >= 15 is 0 Å². The quantitative estimate of drug-likeness (QED) is 0.172. The van der Waals surface area contributed by atoms with Crippen LogP contribution in [0.3, 0.4) is 0 Å². The Balaban J connectivity index is 1.41. The van der Waals surface area contributed by atoms with Gasteiger partial charge in [-0.25, -0.2) is 5.43 Å². The van der Waals surface area contributed by atoms with Gasteiger partial charge in [0, 0.05) is 23.1 Å². The number of allylic oxidation sites excluding steroid dienone is 1. The summed E-state index contributed by atoms with van der Waals surface area (Å²) in [5, 5.41) is 23.7. The Kier molecular flexibility index (Phi) is 9.23. The number of aromatic nitrogens is 2. The molecule has 12 heteroatoms. The molecular weight excluding hydrogens is 490 g/mol. The van der Waals surface area contributed by atoms with Gasteiger partial charge in [0.1, 0.15) is 0 Å². The van der Waals surface area contributed by atoms with Crippen molar-refractivity contribution in [2.75, 3.05) is 5.75 Å². The number of rotatable bonds is 10. The molecule has 3 aromatic rings. The highest BCUT2D eigenvalue weighted by Gasteiger charge is 2.10. The first kappa shape index (κ1) is 23.9. The van der Waals surface area contributed by atoms with Gasteiger partial charge >= 0.3 is 0 Å². The average molecular weight is 506 g/mol. The van der Waals surface area contributed by atoms with E-state index in [1.54, 1.807) is 24.3 Å². The molecule has 1 N–H and O–H groups in total. The Labute approximate surface area is 201 Å². The van der Waals surface area contributed by atoms with Gasteiger partial charge in [0.2, 0.25) is 0 Å². The summed E-state index contributed by atoms with van der Waals surface area (Å²) in [5.41, 5.74) is 3.87. The number of amides is 1. The number of para-hydroxylation sites is 1. The molecule has 0 saturated carbocycles. The molecular formula is C20H16ClN5O3S3. The molecule has 8 nitrogen and oxygen atoms in total. The summed E-state index contributed by atoms with van der Waals surface area (Å²) in [6.45, 7) is 0. The molecule has 0 bridgehead atoms. The van der Waals surface area contributed by atoms with E-state index in [4.69, 9.17) is 11.6 Å². The molecule has 1 heterocycles. The van der Waals surface area contributed by atoms with Crippen molar-refractivity contribution in [3.05, 3.63) is 80.9 Å². The van der Waals surface area contributed by atoms with Crippen LogP contribution in [0.25, 0.3) is 6.08 Å². The van der Waals surface area contributed by atoms with Gasteiger partial charge in [0.25, 0.3) is 11.6 Å². The van der Waals surface area contributed by atoms with Gasteiger partial charge in [0.15, 0.2) is 8.68 Å². The van der Waals surface area contributed by atoms with E-state index < -0.39 is 4.92 Å². The molecule has 0 saturated heterocycles. The van der Waals surface area contributed by atoms with Gasteiger partial charge in [0.05, 0.1) is 16.2 Å². The topological polar surface area (TPSA) is 110 Å². The van der Waals surface area contributed by atoms with Crippen molar-refractivity contribution in [2.45, 2.75) is 14.4 Å². The maximum atomic E-state index is 11.9. The van der Waals surface area contributed by atoms with Crippen molar-refractivity contribution in [1.29, 1.82) is 0 Å². The number of benzene rings is 2. The lowest BCUT2D eigenvalue weighted by atomic mass is 10.2. The van der Waals surface area contributed by atoms with Crippen LogP contribution in [-0.4, -0.2) is 33.0 Å². The highest BCUT2D eigenvalue weighted by molar-refractivity contribution is 8.03. The van der Waals surface area contributed by atoms with E-state index in [1.807, 2.05) is 24.3 Å². The number of hydrogen-bond acceptors (Lipinski definition) is 9. The molecule has 164 valence electrons. The second-order valence-electron chi connectivity index (χ2n) is 5.99. The first-order valence-electron chi connectivity index (χ1n) is 9.07. The summed E-state index contributed by atoms with van der Waals surface area (Å²) < 4.78 is 1.48. The monoisotopic (exact) mass is 505 g/mol. The number of hydrazone groups is 1. The van der Waals surface area contributed by atoms with E-state index in [0.29, 0.717) is 20.7 Å². The molecule has 1 amide bonds. The summed E-state index contributed by atoms with van der Waals surface area (Å²) in [7, 11) is 0. The zero-order valence-corrected chi connectivity index (χ0v) is 19.6. The third-order valence-electron chi connectivity index (χ3n) is 3.78. The summed E-state index contributed by atoms with van der Waals surface area (Å²) >= 11 is 10.4. The lowest BCUT2D eigenvalue weighted by Crippen LogP contribution is -2.19. The second-order valence-corrected chi connectivity index (χ2v) is 9.82. The minimum atomic E-state index is -0.454. The summed E-state index contributed by atoms with van der Waals surface area (Å²) in [4.78, 5) is 22.4. The smallest absolute Gasteiger partial charge is 0.272 e. The molecule has 0 aliphatic carbocycles. The number of nitro benzene ring substituents is 1. The van der Waals surface area contributed by atoms with Crippen molar-refractivity contribution >= 4 is 70.3 Å². The van der Waals surface area contributed by atoms with Crippen molar-refractivity contribution in [3.8, 4) is 0 Å². The van der Waals surface area contributed by atoms with Gasteiger partial charge in [-0.3, -0.25) is 14.9 Å². The molecule has 1 aromatic heterocycles. The first-order chi connectivity index (χ1) is 15.5. The molecule has 0 unspecified atom stereocenters. The number of hydrogen-bond donors (Lipinski definition) is 1. The minimum absolute atomic E-state index is 0.000888. The van der Waals surface area contributed by atoms with E-state index in [0.717, 1.165) is 9.90 Å². The van der Waals surface area contributed by atoms with Crippen LogP contribution < -0.4 is 5.43 Å². The van der Waals surface area contributed by atoms with Crippen LogP contribution in [0, 0.1) is 10.1 Å². The highest BCUT2D eigenvalue weighted by Crippen LogP contribution is 2.32. The van der Waals surface area contributed by atoms with Crippen molar-refractivity contribution in [3.63, 3.8) is 0 Å². The van der Waals surface area contributed by atoms with E-state index in [-0.39, 0.29) is 17.3 Å². The van der Waals surface area contributed by atoms with Crippen LogP contribution in [0.5, 0.6) is 0 Å². The van der Waals surface area contributed by atoms with Gasteiger partial charge in [-0.05, 0) is 29.8 Å². The normalized spacial score (nSPS) is 11.3. The van der Waals surface area contributed by atoms with E-state index in [2.05, 4.69) is 20.7 Å². The zero-order valence-electron chi connectivity index (χ0n) is 16.4. The molecule has 0 aliphatic heterocycles. The number of carbonyl (C=O) groups is 1. The number of halogens is 1. The van der Waals surface area contributed by atoms with Crippen LogP contribution in [0.4, 0.5) is 5.69 Å². The van der Waals surface area contributed by atoms with Gasteiger partial charge in [-0.15, -0.1) is 10.2 Å². The van der Waals surface area contributed by atoms with Crippen molar-refractivity contribution in [2.24, 2.45) is 5.10 Å². The molecule has 0 fully saturated rings. The Morgan fingerprint density at radius 2 is 1.88 bits per heavy atom. The third kappa shape index (κ3) is 7.45. The Bertz CT molecular complexity index is 1150. The third-order valence-corrected chi connectivity index (χ3v) is 7.39. The Morgan fingerprint density at radius 1 is 1.16 bits per heavy atom. The molecule has 32 heavy (non-hydrogen) atoms. The number of nitro groups is 1. The fourth-order valence-corrected chi connectivity index (χ4v) is 5.42. The summed E-state index contributed by atoms with van der Waals surface area (Å²) in [5.74, 6) is 0.522. The fourth-order valence-electron chi connectivity index (χ4n) is 2.32. The molecule has 0 atom stereocenters. The van der Waals surface area contributed by atoms with Gasteiger partial charge < -0.3 is 0 Å². The van der Waals surface area contributed by atoms with Crippen molar-refractivity contribution < 1.29 is 9.72 Å². The lowest BCUT2D eigenvalue weighted by Gasteiger charge is -2.00. The molecule has 3 rings (SSSR count). The van der Waals surface area contributed by atoms with Crippen LogP contribution >= 0.6 is 46.5 Å². The van der Waals surface area contributed by atoms with E-state index in [1.165, 1.54) is 53.2 Å². The average Bonchev–Trinajstić information content (AvgIpc) is 3.25. The maximum absolute atomic E-state index is 11.9. The standard InChI is InChI=1S/C20H16ClN5O3S3/c21-16-9-3-1-7-15(16)12-30-19-24-25-20(32-19)31-13-18(27)23-22-11-5-8-14-6-2-4-10-17(14)26(28)29/h1-11H,12-13H2,(H,23,27)/b8-5+,22-11+. The maximum Gasteiger partial charge on any atom is 0.276 e. The van der Waals surface area contributed by atoms with Crippen molar-refractivity contribution in [1.82, 2.24) is 15.6 Å². The Hall–Kier alpha value is -2.73. The minimum Gasteiger partial charge on any atom is -0.272 e. The number of carbonyl (C=O) groups excluding carboxylic acids is 1. The second kappa shape index (κ2) is 12.3. The summed E-state index contributed by atoms with van der Waals surface area (Å²) in [6.07, 6.45) is 4.42. The Morgan fingerprint density at radius 3 is 2.66 bits per heavy atom. The predicted octanol–water partition coefficient (Wildman–Crippen LogP) is 5.30. The first-order valence-corrected chi connectivity index (χ1v) is 12.2. The fraction of sp³-hybridized carbons (Fsp3) is 0.100. The van der Waals surface area contributed by atoms with Crippen LogP contribution in [0.15, 0.2) is 68.4 Å². The van der Waals surface area contributed by atoms with Crippen LogP contribution in [0.2, 0.25) is 5.02 Å².